The number of carbonyl (C=O) groups excluding carboxylic acids is 1. The van der Waals surface area contributed by atoms with Crippen molar-refractivity contribution >= 4 is 17.2 Å². The zero-order valence-electron chi connectivity index (χ0n) is 12.4. The predicted molar refractivity (Wildman–Crippen MR) is 86.0 cm³/mol. The molecule has 0 aliphatic heterocycles. The molecule has 0 saturated carbocycles. The van der Waals surface area contributed by atoms with Crippen LogP contribution in [0.2, 0.25) is 0 Å². The summed E-state index contributed by atoms with van der Waals surface area (Å²) in [7, 11) is 0. The fourth-order valence-corrected chi connectivity index (χ4v) is 2.78. The molecular formula is C18H18N2O2. The van der Waals surface area contributed by atoms with Crippen molar-refractivity contribution in [2.45, 2.75) is 25.9 Å². The summed E-state index contributed by atoms with van der Waals surface area (Å²) >= 11 is 0. The van der Waals surface area contributed by atoms with Gasteiger partial charge in [0.1, 0.15) is 0 Å². The summed E-state index contributed by atoms with van der Waals surface area (Å²) in [4.78, 5) is 18.5. The van der Waals surface area contributed by atoms with Gasteiger partial charge >= 0.3 is 0 Å². The number of aliphatic hydroxyl groups is 1. The molecule has 0 aliphatic rings. The van der Waals surface area contributed by atoms with Gasteiger partial charge in [-0.05, 0) is 35.1 Å². The first kappa shape index (κ1) is 14.5. The summed E-state index contributed by atoms with van der Waals surface area (Å²) in [6, 6.07) is 9.86. The van der Waals surface area contributed by atoms with E-state index in [-0.39, 0.29) is 0 Å². The first-order valence-corrected chi connectivity index (χ1v) is 7.39. The second-order valence-corrected chi connectivity index (χ2v) is 5.37. The Kier molecular flexibility index (Phi) is 4.02. The monoisotopic (exact) mass is 294 g/mol. The van der Waals surface area contributed by atoms with Crippen LogP contribution in [0.3, 0.4) is 0 Å². The number of aromatic nitrogens is 2. The molecule has 3 aromatic rings. The summed E-state index contributed by atoms with van der Waals surface area (Å²) < 4.78 is 0. The molecule has 4 nitrogen and oxygen atoms in total. The highest BCUT2D eigenvalue weighted by molar-refractivity contribution is 5.80. The van der Waals surface area contributed by atoms with Crippen LogP contribution in [0.15, 0.2) is 42.7 Å². The molecule has 0 fully saturated rings. The number of fused-ring (bicyclic) bond motifs is 1. The molecule has 2 N–H and O–H groups in total. The van der Waals surface area contributed by atoms with E-state index in [0.717, 1.165) is 40.4 Å². The number of H-pyrrole nitrogens is 1. The molecule has 0 aliphatic carbocycles. The normalized spacial score (nSPS) is 12.5. The van der Waals surface area contributed by atoms with Gasteiger partial charge in [-0.15, -0.1) is 0 Å². The largest absolute Gasteiger partial charge is 0.387 e. The molecule has 1 unspecified atom stereocenters. The Labute approximate surface area is 128 Å². The Hall–Kier alpha value is -2.46. The average Bonchev–Trinajstić information content (AvgIpc) is 2.99. The van der Waals surface area contributed by atoms with Gasteiger partial charge in [0.2, 0.25) is 0 Å². The van der Waals surface area contributed by atoms with Crippen molar-refractivity contribution in [2.75, 3.05) is 0 Å². The fraction of sp³-hybridized carbons (Fsp3) is 0.222. The molecule has 2 heterocycles. The van der Waals surface area contributed by atoms with Crippen LogP contribution in [-0.4, -0.2) is 21.4 Å². The number of nitrogens with zero attached hydrogens (tertiary/aromatic N) is 1. The lowest BCUT2D eigenvalue weighted by molar-refractivity contribution is 0.112. The quantitative estimate of drug-likeness (QED) is 0.710. The number of hydrogen-bond donors (Lipinski definition) is 2. The Morgan fingerprint density at radius 2 is 2.14 bits per heavy atom. The van der Waals surface area contributed by atoms with E-state index in [1.165, 1.54) is 0 Å². The van der Waals surface area contributed by atoms with E-state index < -0.39 is 6.10 Å². The Morgan fingerprint density at radius 1 is 1.32 bits per heavy atom. The fourth-order valence-electron chi connectivity index (χ4n) is 2.78. The van der Waals surface area contributed by atoms with Crippen molar-refractivity contribution in [3.05, 3.63) is 65.1 Å². The van der Waals surface area contributed by atoms with Crippen molar-refractivity contribution < 1.29 is 9.90 Å². The van der Waals surface area contributed by atoms with Crippen molar-refractivity contribution in [3.63, 3.8) is 0 Å². The minimum atomic E-state index is -0.682. The van der Waals surface area contributed by atoms with E-state index in [2.05, 4.69) is 9.97 Å². The van der Waals surface area contributed by atoms with E-state index in [9.17, 15) is 9.90 Å². The van der Waals surface area contributed by atoms with Crippen LogP contribution >= 0.6 is 0 Å². The third-order valence-corrected chi connectivity index (χ3v) is 4.00. The Balaban J connectivity index is 1.94. The number of hydrogen-bond acceptors (Lipinski definition) is 3. The smallest absolute Gasteiger partial charge is 0.151 e. The van der Waals surface area contributed by atoms with Gasteiger partial charge in [-0.2, -0.15) is 0 Å². The van der Waals surface area contributed by atoms with Crippen molar-refractivity contribution in [1.82, 2.24) is 9.97 Å². The number of aliphatic hydroxyl groups excluding tert-OH is 1. The molecule has 4 heteroatoms. The number of aromatic amines is 1. The van der Waals surface area contributed by atoms with Gasteiger partial charge in [-0.25, -0.2) is 0 Å². The van der Waals surface area contributed by atoms with Crippen LogP contribution in [0.4, 0.5) is 0 Å². The molecule has 0 saturated heterocycles. The first-order valence-electron chi connectivity index (χ1n) is 7.39. The highest BCUT2D eigenvalue weighted by Crippen LogP contribution is 2.25. The third-order valence-electron chi connectivity index (χ3n) is 4.00. The Bertz CT molecular complexity index is 775. The number of rotatable bonds is 5. The molecule has 22 heavy (non-hydrogen) atoms. The van der Waals surface area contributed by atoms with E-state index in [1.54, 1.807) is 12.4 Å². The van der Waals surface area contributed by atoms with Crippen LogP contribution in [0.5, 0.6) is 0 Å². The highest BCUT2D eigenvalue weighted by Gasteiger charge is 2.16. The number of aryl methyl sites for hydroxylation is 1. The number of para-hydroxylation sites is 1. The van der Waals surface area contributed by atoms with Gasteiger partial charge < -0.3 is 10.1 Å². The number of aldehydes is 1. The van der Waals surface area contributed by atoms with Gasteiger partial charge in [0.05, 0.1) is 6.10 Å². The van der Waals surface area contributed by atoms with Crippen LogP contribution in [0.25, 0.3) is 10.9 Å². The third kappa shape index (κ3) is 2.65. The molecule has 112 valence electrons. The zero-order valence-corrected chi connectivity index (χ0v) is 12.4. The summed E-state index contributed by atoms with van der Waals surface area (Å²) in [6.07, 6.45) is 4.62. The van der Waals surface area contributed by atoms with E-state index in [0.29, 0.717) is 12.0 Å². The second kappa shape index (κ2) is 6.12. The van der Waals surface area contributed by atoms with Crippen LogP contribution < -0.4 is 0 Å². The lowest BCUT2D eigenvalue weighted by Crippen LogP contribution is -2.08. The molecule has 2 aromatic heterocycles. The van der Waals surface area contributed by atoms with E-state index >= 15 is 0 Å². The van der Waals surface area contributed by atoms with Crippen molar-refractivity contribution in [3.8, 4) is 0 Å². The van der Waals surface area contributed by atoms with Crippen LogP contribution in [0, 0.1) is 0 Å². The van der Waals surface area contributed by atoms with Gasteiger partial charge in [0.15, 0.2) is 6.29 Å². The van der Waals surface area contributed by atoms with Crippen molar-refractivity contribution in [1.29, 1.82) is 0 Å². The summed E-state index contributed by atoms with van der Waals surface area (Å²) in [5.74, 6) is 0. The van der Waals surface area contributed by atoms with Gasteiger partial charge in [-0.3, -0.25) is 9.78 Å². The standard InChI is InChI=1S/C18H18N2O2/c1-2-12-9-19-10-14(11-21)15(12)8-18(22)17-7-13-5-3-4-6-16(13)20-17/h3-7,9-11,18,20,22H,2,8H2,1H3. The van der Waals surface area contributed by atoms with Crippen LogP contribution in [-0.2, 0) is 12.8 Å². The van der Waals surface area contributed by atoms with Gasteiger partial charge in [0, 0.05) is 35.6 Å². The van der Waals surface area contributed by atoms with E-state index in [1.807, 2.05) is 37.3 Å². The highest BCUT2D eigenvalue weighted by atomic mass is 16.3. The lowest BCUT2D eigenvalue weighted by Gasteiger charge is -2.14. The number of carbonyl (C=O) groups is 1. The van der Waals surface area contributed by atoms with Crippen molar-refractivity contribution in [2.24, 2.45) is 0 Å². The van der Waals surface area contributed by atoms with Gasteiger partial charge in [-0.1, -0.05) is 25.1 Å². The molecule has 0 bridgehead atoms. The molecular weight excluding hydrogens is 276 g/mol. The molecule has 0 radical (unpaired) electrons. The maximum Gasteiger partial charge on any atom is 0.151 e. The molecule has 1 atom stereocenters. The number of benzene rings is 1. The first-order chi connectivity index (χ1) is 10.7. The van der Waals surface area contributed by atoms with Gasteiger partial charge in [0.25, 0.3) is 0 Å². The maximum atomic E-state index is 11.2. The summed E-state index contributed by atoms with van der Waals surface area (Å²) in [5, 5.41) is 11.6. The molecule has 1 aromatic carbocycles. The summed E-state index contributed by atoms with van der Waals surface area (Å²) in [6.45, 7) is 2.02. The zero-order chi connectivity index (χ0) is 15.5. The maximum absolute atomic E-state index is 11.2. The van der Waals surface area contributed by atoms with E-state index in [4.69, 9.17) is 0 Å². The summed E-state index contributed by atoms with van der Waals surface area (Å²) in [5.41, 5.74) is 4.18. The average molecular weight is 294 g/mol. The topological polar surface area (TPSA) is 66.0 Å². The lowest BCUT2D eigenvalue weighted by atomic mass is 9.96. The Morgan fingerprint density at radius 3 is 2.86 bits per heavy atom. The van der Waals surface area contributed by atoms with Crippen LogP contribution in [0.1, 0.15) is 40.2 Å². The molecule has 0 spiro atoms. The number of pyridine rings is 1. The second-order valence-electron chi connectivity index (χ2n) is 5.37. The molecule has 0 amide bonds. The number of nitrogens with one attached hydrogen (secondary N) is 1. The SMILES string of the molecule is CCc1cncc(C=O)c1CC(O)c1cc2ccccc2[nH]1. The predicted octanol–water partition coefficient (Wildman–Crippen LogP) is 3.21. The minimum absolute atomic E-state index is 0.395. The minimum Gasteiger partial charge on any atom is -0.387 e. The molecule has 3 rings (SSSR count).